The average Bonchev–Trinajstić information content (AvgIpc) is 2.89. The third-order valence-electron chi connectivity index (χ3n) is 5.50. The molecule has 0 aliphatic heterocycles. The van der Waals surface area contributed by atoms with Crippen LogP contribution >= 0.6 is 0 Å². The quantitative estimate of drug-likeness (QED) is 0.103. The predicted molar refractivity (Wildman–Crippen MR) is 128 cm³/mol. The van der Waals surface area contributed by atoms with Gasteiger partial charge in [0.25, 0.3) is 0 Å². The first-order valence-electron chi connectivity index (χ1n) is 10.8. The van der Waals surface area contributed by atoms with Gasteiger partial charge in [-0.25, -0.2) is 22.0 Å². The Labute approximate surface area is 207 Å². The van der Waals surface area contributed by atoms with Gasteiger partial charge in [0.15, 0.2) is 17.5 Å². The fourth-order valence-corrected chi connectivity index (χ4v) is 3.69. The van der Waals surface area contributed by atoms with E-state index in [4.69, 9.17) is 0 Å². The molecule has 0 N–H and O–H groups in total. The molecule has 0 fully saturated rings. The van der Waals surface area contributed by atoms with E-state index in [9.17, 15) is 30.7 Å². The van der Waals surface area contributed by atoms with Crippen LogP contribution in [0.5, 0.6) is 0 Å². The summed E-state index contributed by atoms with van der Waals surface area (Å²) in [6.45, 7) is 3.18. The SMILES string of the molecule is C=CCOC(F)=C(F)c1ccc(-c2ccc(-c3cc(F)c(-c4cc(F)c(F)c(F)c4)c(F)c3)cc2)cc1. The smallest absolute Gasteiger partial charge is 0.310 e. The Morgan fingerprint density at radius 2 is 1.05 bits per heavy atom. The minimum Gasteiger partial charge on any atom is -0.464 e. The number of halogens is 7. The summed E-state index contributed by atoms with van der Waals surface area (Å²) < 4.78 is 102. The molecule has 0 heterocycles. The Hall–Kier alpha value is -4.33. The van der Waals surface area contributed by atoms with Crippen molar-refractivity contribution in [3.05, 3.63) is 126 Å². The summed E-state index contributed by atoms with van der Waals surface area (Å²) in [5.41, 5.74) is 0.777. The molecule has 4 aromatic rings. The van der Waals surface area contributed by atoms with Crippen molar-refractivity contribution in [2.45, 2.75) is 0 Å². The molecule has 0 amide bonds. The van der Waals surface area contributed by atoms with Gasteiger partial charge in [0.05, 0.1) is 5.56 Å². The van der Waals surface area contributed by atoms with E-state index >= 15 is 0 Å². The highest BCUT2D eigenvalue weighted by atomic mass is 19.2. The first kappa shape index (κ1) is 25.8. The molecule has 0 spiro atoms. The van der Waals surface area contributed by atoms with Crippen LogP contribution in [0.25, 0.3) is 39.2 Å². The van der Waals surface area contributed by atoms with Crippen LogP contribution in [0.2, 0.25) is 0 Å². The van der Waals surface area contributed by atoms with Gasteiger partial charge in [-0.05, 0) is 52.1 Å². The van der Waals surface area contributed by atoms with Crippen LogP contribution in [0.15, 0.2) is 91.5 Å². The molecule has 0 aliphatic rings. The molecular formula is C29H17F7O. The van der Waals surface area contributed by atoms with Crippen molar-refractivity contribution in [2.24, 2.45) is 0 Å². The molecule has 37 heavy (non-hydrogen) atoms. The number of hydrogen-bond acceptors (Lipinski definition) is 1. The summed E-state index contributed by atoms with van der Waals surface area (Å²) in [7, 11) is 0. The van der Waals surface area contributed by atoms with Crippen LogP contribution in [0.1, 0.15) is 5.56 Å². The second kappa shape index (κ2) is 10.7. The summed E-state index contributed by atoms with van der Waals surface area (Å²) >= 11 is 0. The molecule has 0 aliphatic carbocycles. The first-order chi connectivity index (χ1) is 17.7. The second-order valence-corrected chi connectivity index (χ2v) is 7.91. The van der Waals surface area contributed by atoms with Crippen LogP contribution in [0.4, 0.5) is 30.7 Å². The Kier molecular flexibility index (Phi) is 7.47. The Morgan fingerprint density at radius 1 is 0.622 bits per heavy atom. The minimum absolute atomic E-state index is 0.0195. The zero-order valence-electron chi connectivity index (χ0n) is 19.0. The van der Waals surface area contributed by atoms with Crippen molar-refractivity contribution in [3.8, 4) is 33.4 Å². The van der Waals surface area contributed by atoms with Crippen molar-refractivity contribution in [1.29, 1.82) is 0 Å². The van der Waals surface area contributed by atoms with Gasteiger partial charge in [0, 0.05) is 5.56 Å². The fraction of sp³-hybridized carbons (Fsp3) is 0.0345. The lowest BCUT2D eigenvalue weighted by atomic mass is 9.96. The highest BCUT2D eigenvalue weighted by Gasteiger charge is 2.19. The molecule has 0 unspecified atom stereocenters. The molecule has 0 radical (unpaired) electrons. The van der Waals surface area contributed by atoms with E-state index < -0.39 is 52.1 Å². The van der Waals surface area contributed by atoms with E-state index in [0.29, 0.717) is 28.8 Å². The zero-order valence-corrected chi connectivity index (χ0v) is 19.0. The lowest BCUT2D eigenvalue weighted by molar-refractivity contribution is 0.169. The molecule has 1 nitrogen and oxygen atoms in total. The molecule has 8 heteroatoms. The molecular weight excluding hydrogens is 497 g/mol. The van der Waals surface area contributed by atoms with E-state index in [1.807, 2.05) is 0 Å². The standard InChI is InChI=1S/C29H17F7O/c1-2-11-37-29(36)27(34)19-9-7-17(8-10-19)16-3-5-18(6-4-16)20-12-22(30)26(23(31)13-20)21-14-24(32)28(35)25(33)15-21/h2-10,12-15H,1,11H2. The van der Waals surface area contributed by atoms with Crippen LogP contribution in [-0.2, 0) is 4.74 Å². The maximum atomic E-state index is 14.8. The monoisotopic (exact) mass is 514 g/mol. The molecule has 4 rings (SSSR count). The van der Waals surface area contributed by atoms with Gasteiger partial charge in [-0.1, -0.05) is 61.2 Å². The van der Waals surface area contributed by atoms with Crippen molar-refractivity contribution in [2.75, 3.05) is 6.61 Å². The van der Waals surface area contributed by atoms with Gasteiger partial charge in [0.1, 0.15) is 18.2 Å². The van der Waals surface area contributed by atoms with Crippen molar-refractivity contribution in [3.63, 3.8) is 0 Å². The number of hydrogen-bond donors (Lipinski definition) is 0. The van der Waals surface area contributed by atoms with Gasteiger partial charge in [-0.15, -0.1) is 0 Å². The Morgan fingerprint density at radius 3 is 1.54 bits per heavy atom. The van der Waals surface area contributed by atoms with Crippen LogP contribution in [-0.4, -0.2) is 6.61 Å². The van der Waals surface area contributed by atoms with Crippen LogP contribution in [0.3, 0.4) is 0 Å². The fourth-order valence-electron chi connectivity index (χ4n) is 3.69. The minimum atomic E-state index is -1.73. The average molecular weight is 514 g/mol. The summed E-state index contributed by atoms with van der Waals surface area (Å²) in [4.78, 5) is 0. The Balaban J connectivity index is 1.59. The molecule has 4 aromatic carbocycles. The van der Waals surface area contributed by atoms with Crippen molar-refractivity contribution < 1.29 is 35.5 Å². The number of rotatable bonds is 7. The summed E-state index contributed by atoms with van der Waals surface area (Å²) in [6.07, 6.45) is 1.28. The van der Waals surface area contributed by atoms with Gasteiger partial charge >= 0.3 is 6.01 Å². The highest BCUT2D eigenvalue weighted by Crippen LogP contribution is 2.34. The predicted octanol–water partition coefficient (Wildman–Crippen LogP) is 9.15. The topological polar surface area (TPSA) is 9.23 Å². The van der Waals surface area contributed by atoms with Crippen molar-refractivity contribution in [1.82, 2.24) is 0 Å². The van der Waals surface area contributed by atoms with Gasteiger partial charge in [-0.3, -0.25) is 0 Å². The normalized spacial score (nSPS) is 11.8. The number of benzene rings is 4. The summed E-state index contributed by atoms with van der Waals surface area (Å²) in [5.74, 6) is -8.18. The summed E-state index contributed by atoms with van der Waals surface area (Å²) in [6, 6.07) is 14.1. The van der Waals surface area contributed by atoms with E-state index in [1.54, 1.807) is 36.4 Å². The third kappa shape index (κ3) is 5.43. The lowest BCUT2D eigenvalue weighted by Crippen LogP contribution is -1.97. The van der Waals surface area contributed by atoms with Gasteiger partial charge in [-0.2, -0.15) is 8.78 Å². The third-order valence-corrected chi connectivity index (χ3v) is 5.50. The van der Waals surface area contributed by atoms with E-state index in [2.05, 4.69) is 11.3 Å². The van der Waals surface area contributed by atoms with E-state index in [0.717, 1.165) is 12.1 Å². The van der Waals surface area contributed by atoms with Crippen molar-refractivity contribution >= 4 is 5.83 Å². The first-order valence-corrected chi connectivity index (χ1v) is 10.8. The van der Waals surface area contributed by atoms with E-state index in [-0.39, 0.29) is 17.7 Å². The highest BCUT2D eigenvalue weighted by molar-refractivity contribution is 5.75. The molecule has 188 valence electrons. The van der Waals surface area contributed by atoms with Gasteiger partial charge < -0.3 is 4.74 Å². The zero-order chi connectivity index (χ0) is 26.7. The molecule has 0 atom stereocenters. The Bertz CT molecular complexity index is 1440. The van der Waals surface area contributed by atoms with Crippen LogP contribution < -0.4 is 0 Å². The maximum Gasteiger partial charge on any atom is 0.310 e. The molecule has 0 saturated carbocycles. The maximum absolute atomic E-state index is 14.8. The largest absolute Gasteiger partial charge is 0.464 e. The second-order valence-electron chi connectivity index (χ2n) is 7.91. The molecule has 0 aromatic heterocycles. The molecule has 0 bridgehead atoms. The van der Waals surface area contributed by atoms with E-state index in [1.165, 1.54) is 18.2 Å². The summed E-state index contributed by atoms with van der Waals surface area (Å²) in [5, 5.41) is 0. The number of ether oxygens (including phenoxy) is 1. The van der Waals surface area contributed by atoms with Crippen LogP contribution in [0, 0.1) is 29.1 Å². The van der Waals surface area contributed by atoms with Gasteiger partial charge in [0.2, 0.25) is 5.83 Å². The lowest BCUT2D eigenvalue weighted by Gasteiger charge is -2.11. The molecule has 0 saturated heterocycles.